The van der Waals surface area contributed by atoms with Crippen molar-refractivity contribution in [3.8, 4) is 0 Å². The van der Waals surface area contributed by atoms with E-state index in [2.05, 4.69) is 20.0 Å². The van der Waals surface area contributed by atoms with Gasteiger partial charge in [-0.1, -0.05) is 6.92 Å². The Hall–Kier alpha value is 0.0969. The van der Waals surface area contributed by atoms with Crippen LogP contribution in [0.5, 0.6) is 0 Å². The zero-order chi connectivity index (χ0) is 10.4. The highest BCUT2D eigenvalue weighted by molar-refractivity contribution is 6.48. The van der Waals surface area contributed by atoms with Crippen LogP contribution in [0.3, 0.4) is 0 Å². The summed E-state index contributed by atoms with van der Waals surface area (Å²) in [5.41, 5.74) is 0. The monoisotopic (exact) mass is 217 g/mol. The van der Waals surface area contributed by atoms with Crippen LogP contribution < -0.4 is 0 Å². The molecule has 0 aromatic heterocycles. The van der Waals surface area contributed by atoms with E-state index >= 15 is 0 Å². The van der Waals surface area contributed by atoms with E-state index in [9.17, 15) is 0 Å². The molecule has 1 radical (unpaired) electrons. The highest BCUT2D eigenvalue weighted by Gasteiger charge is 2.23. The summed E-state index contributed by atoms with van der Waals surface area (Å²) in [5, 5.41) is 0. The Morgan fingerprint density at radius 1 is 1.50 bits per heavy atom. The first-order chi connectivity index (χ1) is 6.72. The minimum atomic E-state index is -0.537. The van der Waals surface area contributed by atoms with Crippen molar-refractivity contribution in [2.45, 2.75) is 45.1 Å². The normalized spacial score (nSPS) is 22.7. The van der Waals surface area contributed by atoms with Crippen LogP contribution in [0.25, 0.3) is 0 Å². The summed E-state index contributed by atoms with van der Waals surface area (Å²) in [4.78, 5) is 0. The minimum absolute atomic E-state index is 0.348. The summed E-state index contributed by atoms with van der Waals surface area (Å²) in [6.07, 6.45) is 2.80. The molecule has 0 spiro atoms. The van der Waals surface area contributed by atoms with Crippen molar-refractivity contribution >= 4 is 9.04 Å². The molecular weight excluding hydrogens is 196 g/mol. The van der Waals surface area contributed by atoms with Crippen molar-refractivity contribution in [1.29, 1.82) is 0 Å². The van der Waals surface area contributed by atoms with Crippen molar-refractivity contribution < 1.29 is 13.9 Å². The fourth-order valence-corrected chi connectivity index (χ4v) is 1.73. The molecule has 1 saturated heterocycles. The topological polar surface area (TPSA) is 31.0 Å². The van der Waals surface area contributed by atoms with Gasteiger partial charge in [0.1, 0.15) is 6.10 Å². The van der Waals surface area contributed by atoms with E-state index in [1.54, 1.807) is 0 Å². The largest absolute Gasteiger partial charge is 0.417 e. The molecule has 4 heteroatoms. The van der Waals surface area contributed by atoms with Gasteiger partial charge in [0.15, 0.2) is 0 Å². The van der Waals surface area contributed by atoms with Crippen LogP contribution in [0, 0.1) is 0 Å². The molecule has 1 heterocycles. The third-order valence-electron chi connectivity index (χ3n) is 2.21. The molecule has 0 saturated carbocycles. The van der Waals surface area contributed by atoms with E-state index in [4.69, 9.17) is 13.9 Å². The van der Waals surface area contributed by atoms with Gasteiger partial charge in [0.05, 0.1) is 19.3 Å². The Bertz CT molecular complexity index is 148. The number of hydrogen-bond donors (Lipinski definition) is 0. The fraction of sp³-hybridized carbons (Fsp3) is 1.00. The first kappa shape index (κ1) is 12.2. The summed E-state index contributed by atoms with van der Waals surface area (Å²) in [6, 6.07) is 0. The quantitative estimate of drug-likeness (QED) is 0.459. The van der Waals surface area contributed by atoms with Gasteiger partial charge in [-0.2, -0.15) is 0 Å². The highest BCUT2D eigenvalue weighted by atomic mass is 28.3. The van der Waals surface area contributed by atoms with E-state index in [1.165, 1.54) is 0 Å². The lowest BCUT2D eigenvalue weighted by Gasteiger charge is -2.16. The zero-order valence-corrected chi connectivity index (χ0v) is 10.4. The lowest BCUT2D eigenvalue weighted by Crippen LogP contribution is -2.19. The van der Waals surface area contributed by atoms with Gasteiger partial charge in [-0.25, -0.2) is 0 Å². The highest BCUT2D eigenvalue weighted by Crippen LogP contribution is 2.12. The van der Waals surface area contributed by atoms with E-state index in [1.807, 2.05) is 0 Å². The predicted octanol–water partition coefficient (Wildman–Crippen LogP) is 1.84. The summed E-state index contributed by atoms with van der Waals surface area (Å²) >= 11 is 0. The number of ether oxygens (including phenoxy) is 2. The molecule has 1 fully saturated rings. The maximum atomic E-state index is 5.70. The molecule has 0 amide bonds. The molecule has 0 aromatic carbocycles. The molecular formula is C10H21O3Si. The summed E-state index contributed by atoms with van der Waals surface area (Å²) in [6.45, 7) is 8.95. The van der Waals surface area contributed by atoms with E-state index in [0.717, 1.165) is 32.7 Å². The molecule has 0 bridgehead atoms. The van der Waals surface area contributed by atoms with E-state index in [0.29, 0.717) is 12.2 Å². The molecule has 3 nitrogen and oxygen atoms in total. The van der Waals surface area contributed by atoms with Crippen LogP contribution in [-0.2, 0) is 13.9 Å². The van der Waals surface area contributed by atoms with Crippen LogP contribution in [-0.4, -0.2) is 41.1 Å². The smallest absolute Gasteiger partial charge is 0.204 e. The first-order valence-electron chi connectivity index (χ1n) is 5.38. The summed E-state index contributed by atoms with van der Waals surface area (Å²) in [7, 11) is -0.537. The van der Waals surface area contributed by atoms with Gasteiger partial charge < -0.3 is 13.9 Å². The van der Waals surface area contributed by atoms with Gasteiger partial charge in [0.2, 0.25) is 9.04 Å². The fourth-order valence-electron chi connectivity index (χ4n) is 1.21. The van der Waals surface area contributed by atoms with Crippen molar-refractivity contribution in [1.82, 2.24) is 0 Å². The SMILES string of the molecule is CCC(CCO[Si](C)C)OCC1CO1. The average Bonchev–Trinajstić information content (AvgIpc) is 2.94. The van der Waals surface area contributed by atoms with Crippen LogP contribution in [0.4, 0.5) is 0 Å². The van der Waals surface area contributed by atoms with E-state index in [-0.39, 0.29) is 0 Å². The third-order valence-corrected chi connectivity index (χ3v) is 2.99. The molecule has 0 aliphatic carbocycles. The molecule has 1 rings (SSSR count). The number of epoxide rings is 1. The molecule has 1 aliphatic heterocycles. The zero-order valence-electron chi connectivity index (χ0n) is 9.41. The summed E-state index contributed by atoms with van der Waals surface area (Å²) < 4.78 is 16.4. The maximum Gasteiger partial charge on any atom is 0.204 e. The second-order valence-corrected chi connectivity index (χ2v) is 5.97. The van der Waals surface area contributed by atoms with Crippen LogP contribution in [0.2, 0.25) is 13.1 Å². The van der Waals surface area contributed by atoms with Crippen LogP contribution in [0.15, 0.2) is 0 Å². The molecule has 2 unspecified atom stereocenters. The Kier molecular flexibility index (Phi) is 5.70. The van der Waals surface area contributed by atoms with Crippen LogP contribution >= 0.6 is 0 Å². The average molecular weight is 217 g/mol. The van der Waals surface area contributed by atoms with Gasteiger partial charge in [-0.05, 0) is 25.9 Å². The first-order valence-corrected chi connectivity index (χ1v) is 7.79. The number of hydrogen-bond acceptors (Lipinski definition) is 3. The minimum Gasteiger partial charge on any atom is -0.417 e. The Balaban J connectivity index is 1.98. The van der Waals surface area contributed by atoms with E-state index < -0.39 is 9.04 Å². The second-order valence-electron chi connectivity index (χ2n) is 3.86. The van der Waals surface area contributed by atoms with Gasteiger partial charge in [0, 0.05) is 6.61 Å². The molecule has 1 aliphatic rings. The van der Waals surface area contributed by atoms with Gasteiger partial charge in [-0.3, -0.25) is 0 Å². The van der Waals surface area contributed by atoms with Crippen LogP contribution in [0.1, 0.15) is 19.8 Å². The third kappa shape index (κ3) is 5.75. The lowest BCUT2D eigenvalue weighted by molar-refractivity contribution is 0.0268. The van der Waals surface area contributed by atoms with Crippen molar-refractivity contribution in [3.63, 3.8) is 0 Å². The van der Waals surface area contributed by atoms with Gasteiger partial charge in [0.25, 0.3) is 0 Å². The standard InChI is InChI=1S/C10H21O3Si/c1-4-9(5-6-13-14(2)3)11-7-10-8-12-10/h9-10H,4-8H2,1-3H3. The Labute approximate surface area is 88.5 Å². The maximum absolute atomic E-state index is 5.70. The summed E-state index contributed by atoms with van der Waals surface area (Å²) in [5.74, 6) is 0. The predicted molar refractivity (Wildman–Crippen MR) is 57.8 cm³/mol. The second kappa shape index (κ2) is 6.56. The van der Waals surface area contributed by atoms with Crippen molar-refractivity contribution in [3.05, 3.63) is 0 Å². The molecule has 14 heavy (non-hydrogen) atoms. The van der Waals surface area contributed by atoms with Gasteiger partial charge >= 0.3 is 0 Å². The Morgan fingerprint density at radius 2 is 2.21 bits per heavy atom. The number of rotatable bonds is 8. The van der Waals surface area contributed by atoms with Gasteiger partial charge in [-0.15, -0.1) is 0 Å². The van der Waals surface area contributed by atoms with Crippen molar-refractivity contribution in [2.75, 3.05) is 19.8 Å². The molecule has 0 N–H and O–H groups in total. The van der Waals surface area contributed by atoms with Crippen molar-refractivity contribution in [2.24, 2.45) is 0 Å². The lowest BCUT2D eigenvalue weighted by atomic mass is 10.2. The molecule has 0 aromatic rings. The molecule has 83 valence electrons. The Morgan fingerprint density at radius 3 is 2.71 bits per heavy atom. The molecule has 2 atom stereocenters.